The van der Waals surface area contributed by atoms with Crippen molar-refractivity contribution >= 4 is 60.0 Å². The molecule has 3 atom stereocenters. The van der Waals surface area contributed by atoms with Crippen LogP contribution in [0.2, 0.25) is 5.02 Å². The first-order valence-electron chi connectivity index (χ1n) is 16.3. The summed E-state index contributed by atoms with van der Waals surface area (Å²) >= 11 is 8.51. The van der Waals surface area contributed by atoms with Gasteiger partial charge in [0.2, 0.25) is 0 Å². The second-order valence-corrected chi connectivity index (χ2v) is 16.1. The largest absolute Gasteiger partial charge is 0.461 e. The number of fused-ring (bicyclic) bond motifs is 5. The van der Waals surface area contributed by atoms with Crippen molar-refractivity contribution in [1.82, 2.24) is 30.0 Å². The van der Waals surface area contributed by atoms with E-state index in [0.717, 1.165) is 67.4 Å². The van der Waals surface area contributed by atoms with Gasteiger partial charge >= 0.3 is 6.01 Å². The van der Waals surface area contributed by atoms with Crippen molar-refractivity contribution in [3.05, 3.63) is 35.1 Å². The number of ether oxygens (including phenoxy) is 2. The Morgan fingerprint density at radius 2 is 2.11 bits per heavy atom. The first-order chi connectivity index (χ1) is 22.4. The average molecular weight is 680 g/mol. The van der Waals surface area contributed by atoms with Crippen molar-refractivity contribution < 1.29 is 19.0 Å². The average Bonchev–Trinajstić information content (AvgIpc) is 3.75. The summed E-state index contributed by atoms with van der Waals surface area (Å²) in [6, 6.07) is 4.18. The number of pyridine rings is 1. The number of thiophene rings is 1. The van der Waals surface area contributed by atoms with Gasteiger partial charge in [-0.05, 0) is 49.4 Å². The van der Waals surface area contributed by atoms with E-state index in [2.05, 4.69) is 40.8 Å². The molecule has 0 saturated carbocycles. The number of nitrogens with zero attached hydrogens (tertiary/aromatic N) is 6. The first kappa shape index (κ1) is 31.1. The van der Waals surface area contributed by atoms with Gasteiger partial charge in [-0.15, -0.1) is 11.3 Å². The Hall–Kier alpha value is -3.16. The fraction of sp³-hybridized carbons (Fsp3) is 0.529. The number of aromatic amines is 1. The standard InChI is InChI=1S/C34H39ClFN7O3S/c1-32(2,3)26-22(35)12-23-21(14-38-41-23)24(26)27-28-20(6-8-37-27)25-29(42-10-11-45-17-33(4,44)16-42)39-31(40-30(25)47-28)46-18-34-7-5-9-43(34)15-19(36)13-34/h6,8,12,14,19,44H,5,7,9-11,13,15-18H2,1-4H3,(H,38,41)/t19-,33+,34+/m1/s1. The van der Waals surface area contributed by atoms with Crippen LogP contribution in [0.4, 0.5) is 10.2 Å². The molecule has 3 aliphatic heterocycles. The summed E-state index contributed by atoms with van der Waals surface area (Å²) in [4.78, 5) is 20.0. The van der Waals surface area contributed by atoms with Crippen LogP contribution >= 0.6 is 22.9 Å². The summed E-state index contributed by atoms with van der Waals surface area (Å²) in [6.07, 6.45) is 5.18. The van der Waals surface area contributed by atoms with E-state index >= 15 is 0 Å². The van der Waals surface area contributed by atoms with Gasteiger partial charge in [-0.25, -0.2) is 4.39 Å². The van der Waals surface area contributed by atoms with E-state index in [-0.39, 0.29) is 23.6 Å². The van der Waals surface area contributed by atoms with Crippen molar-refractivity contribution in [2.24, 2.45) is 0 Å². The van der Waals surface area contributed by atoms with E-state index in [9.17, 15) is 9.50 Å². The van der Waals surface area contributed by atoms with E-state index in [1.165, 1.54) is 11.3 Å². The van der Waals surface area contributed by atoms with Gasteiger partial charge in [0.05, 0.1) is 52.8 Å². The number of aliphatic hydroxyl groups is 1. The van der Waals surface area contributed by atoms with Gasteiger partial charge in [0.1, 0.15) is 29.0 Å². The Morgan fingerprint density at radius 1 is 1.26 bits per heavy atom. The fourth-order valence-electron chi connectivity index (χ4n) is 7.90. The van der Waals surface area contributed by atoms with E-state index < -0.39 is 11.8 Å². The maximum Gasteiger partial charge on any atom is 0.319 e. The Kier molecular flexibility index (Phi) is 7.42. The summed E-state index contributed by atoms with van der Waals surface area (Å²) in [5, 5.41) is 22.0. The Labute approximate surface area is 281 Å². The van der Waals surface area contributed by atoms with Crippen LogP contribution < -0.4 is 9.64 Å². The fourth-order valence-corrected chi connectivity index (χ4v) is 9.54. The molecule has 4 aromatic heterocycles. The lowest BCUT2D eigenvalue weighted by Crippen LogP contribution is -2.43. The molecule has 3 fully saturated rings. The lowest BCUT2D eigenvalue weighted by molar-refractivity contribution is -0.0123. The van der Waals surface area contributed by atoms with Gasteiger partial charge in [-0.3, -0.25) is 15.0 Å². The Balaban J connectivity index is 1.33. The summed E-state index contributed by atoms with van der Waals surface area (Å²) in [7, 11) is 0. The van der Waals surface area contributed by atoms with Gasteiger partial charge in [-0.1, -0.05) is 32.4 Å². The second-order valence-electron chi connectivity index (χ2n) is 14.7. The molecule has 8 rings (SSSR count). The predicted octanol–water partition coefficient (Wildman–Crippen LogP) is 6.28. The normalized spacial score (nSPS) is 25.7. The molecule has 10 nitrogen and oxygen atoms in total. The number of rotatable bonds is 5. The van der Waals surface area contributed by atoms with Crippen LogP contribution in [0.3, 0.4) is 0 Å². The number of β-amino-alcohol motifs (C(OH)–C–C–N with tert-alkyl or cyclic N) is 1. The van der Waals surface area contributed by atoms with E-state index in [0.29, 0.717) is 50.1 Å². The van der Waals surface area contributed by atoms with Crippen molar-refractivity contribution in [2.45, 2.75) is 69.7 Å². The molecular formula is C34H39ClFN7O3S. The highest BCUT2D eigenvalue weighted by molar-refractivity contribution is 7.26. The number of alkyl halides is 1. The zero-order chi connectivity index (χ0) is 32.7. The zero-order valence-corrected chi connectivity index (χ0v) is 28.6. The topological polar surface area (TPSA) is 113 Å². The maximum absolute atomic E-state index is 14.6. The molecule has 0 aliphatic carbocycles. The molecule has 7 heterocycles. The molecule has 2 N–H and O–H groups in total. The quantitative estimate of drug-likeness (QED) is 0.222. The third-order valence-electron chi connectivity index (χ3n) is 9.87. The molecular weight excluding hydrogens is 641 g/mol. The Morgan fingerprint density at radius 3 is 2.94 bits per heavy atom. The summed E-state index contributed by atoms with van der Waals surface area (Å²) < 4.78 is 27.7. The highest BCUT2D eigenvalue weighted by Crippen LogP contribution is 2.48. The molecule has 5 aromatic rings. The third-order valence-corrected chi connectivity index (χ3v) is 11.3. The monoisotopic (exact) mass is 679 g/mol. The lowest BCUT2D eigenvalue weighted by Gasteiger charge is -2.31. The third kappa shape index (κ3) is 5.32. The second kappa shape index (κ2) is 11.2. The molecule has 0 spiro atoms. The van der Waals surface area contributed by atoms with E-state index in [4.69, 9.17) is 36.0 Å². The highest BCUT2D eigenvalue weighted by atomic mass is 35.5. The van der Waals surface area contributed by atoms with Crippen LogP contribution in [0.1, 0.15) is 52.5 Å². The number of nitrogens with one attached hydrogen (secondary N) is 1. The minimum Gasteiger partial charge on any atom is -0.461 e. The van der Waals surface area contributed by atoms with Crippen LogP contribution in [0.5, 0.6) is 6.01 Å². The molecule has 0 unspecified atom stereocenters. The number of anilines is 1. The SMILES string of the molecule is CC(C)(C)c1c(Cl)cc2[nH]ncc2c1-c1nccc2c1sc1nc(OC[C@@]34CCCN3C[C@H](F)C4)nc(N3CCOC[C@@](C)(O)C3)c12. The van der Waals surface area contributed by atoms with Gasteiger partial charge in [0.25, 0.3) is 0 Å². The van der Waals surface area contributed by atoms with Gasteiger partial charge in [0.15, 0.2) is 0 Å². The smallest absolute Gasteiger partial charge is 0.319 e. The van der Waals surface area contributed by atoms with Crippen LogP contribution in [-0.2, 0) is 10.2 Å². The number of aromatic nitrogens is 5. The maximum atomic E-state index is 14.6. The summed E-state index contributed by atoms with van der Waals surface area (Å²) in [5.74, 6) is 0.672. The highest BCUT2D eigenvalue weighted by Gasteiger charge is 2.49. The van der Waals surface area contributed by atoms with Gasteiger partial charge in [0, 0.05) is 47.1 Å². The zero-order valence-electron chi connectivity index (χ0n) is 27.1. The minimum atomic E-state index is -1.08. The van der Waals surface area contributed by atoms with Crippen LogP contribution in [0.15, 0.2) is 24.5 Å². The molecule has 1 aromatic carbocycles. The number of halogens is 2. The molecule has 47 heavy (non-hydrogen) atoms. The van der Waals surface area contributed by atoms with Crippen molar-refractivity contribution in [3.63, 3.8) is 0 Å². The van der Waals surface area contributed by atoms with Crippen LogP contribution in [-0.4, -0.2) is 98.5 Å². The number of hydrogen-bond donors (Lipinski definition) is 2. The lowest BCUT2D eigenvalue weighted by atomic mass is 9.81. The van der Waals surface area contributed by atoms with Crippen molar-refractivity contribution in [3.8, 4) is 17.3 Å². The van der Waals surface area contributed by atoms with E-state index in [1.54, 1.807) is 6.92 Å². The van der Waals surface area contributed by atoms with Crippen molar-refractivity contribution in [1.29, 1.82) is 0 Å². The van der Waals surface area contributed by atoms with Gasteiger partial charge < -0.3 is 19.5 Å². The molecule has 3 aliphatic rings. The number of H-pyrrole nitrogens is 1. The van der Waals surface area contributed by atoms with Crippen LogP contribution in [0.25, 0.3) is 42.5 Å². The predicted molar refractivity (Wildman–Crippen MR) is 184 cm³/mol. The number of benzene rings is 1. The number of hydrogen-bond acceptors (Lipinski definition) is 10. The summed E-state index contributed by atoms with van der Waals surface area (Å²) in [5.41, 5.74) is 1.87. The molecule has 0 radical (unpaired) electrons. The molecule has 3 saturated heterocycles. The van der Waals surface area contributed by atoms with E-state index in [1.807, 2.05) is 24.5 Å². The molecule has 0 bridgehead atoms. The molecule has 248 valence electrons. The first-order valence-corrected chi connectivity index (χ1v) is 17.4. The summed E-state index contributed by atoms with van der Waals surface area (Å²) in [6.45, 7) is 11.4. The molecule has 13 heteroatoms. The molecule has 0 amide bonds. The van der Waals surface area contributed by atoms with Crippen molar-refractivity contribution in [2.75, 3.05) is 50.9 Å². The Bertz CT molecular complexity index is 2010. The van der Waals surface area contributed by atoms with Crippen LogP contribution in [0, 0.1) is 0 Å². The minimum absolute atomic E-state index is 0.229. The van der Waals surface area contributed by atoms with Gasteiger partial charge in [-0.2, -0.15) is 15.1 Å².